The second kappa shape index (κ2) is 10.5. The van der Waals surface area contributed by atoms with Crippen molar-refractivity contribution in [3.8, 4) is 23.7 Å². The van der Waals surface area contributed by atoms with E-state index in [1.807, 2.05) is 0 Å². The minimum absolute atomic E-state index is 0.953. The molecule has 0 bridgehead atoms. The lowest BCUT2D eigenvalue weighted by Crippen LogP contribution is -1.80. The van der Waals surface area contributed by atoms with Crippen LogP contribution in [0.4, 0.5) is 0 Å². The van der Waals surface area contributed by atoms with Crippen LogP contribution < -0.4 is 0 Å². The number of halogens is 2. The van der Waals surface area contributed by atoms with Crippen molar-refractivity contribution in [2.45, 2.75) is 46.0 Å². The Kier molecular flexibility index (Phi) is 8.33. The summed E-state index contributed by atoms with van der Waals surface area (Å²) in [6.45, 7) is 4.18. The molecule has 2 heteroatoms. The van der Waals surface area contributed by atoms with E-state index >= 15 is 0 Å². The predicted octanol–water partition coefficient (Wildman–Crippen LogP) is 7.18. The van der Waals surface area contributed by atoms with Crippen LogP contribution in [0.1, 0.15) is 54.4 Å². The number of hydrogen-bond acceptors (Lipinski definition) is 0. The van der Waals surface area contributed by atoms with Gasteiger partial charge in [-0.3, -0.25) is 0 Å². The van der Waals surface area contributed by atoms with Gasteiger partial charge in [0.15, 0.2) is 0 Å². The molecule has 2 aromatic carbocycles. The first-order chi connectivity index (χ1) is 12.1. The van der Waals surface area contributed by atoms with Gasteiger partial charge in [0.05, 0.1) is 0 Å². The molecule has 0 N–H and O–H groups in total. The lowest BCUT2D eigenvalue weighted by molar-refractivity contribution is 0.709. The number of rotatable bonds is 4. The molecule has 2 aromatic rings. The van der Waals surface area contributed by atoms with Gasteiger partial charge in [0.1, 0.15) is 0 Å². The van der Waals surface area contributed by atoms with E-state index in [2.05, 4.69) is 106 Å². The van der Waals surface area contributed by atoms with Crippen LogP contribution in [-0.4, -0.2) is 0 Å². The standard InChI is InChI=1S/C23H22Br2/c1-18-16-20(12-14-22(18)24)10-8-6-4-3-5-7-9-11-21-13-15-23(25)19(2)17-21/h12-17H,3-7H2,1-2H3. The van der Waals surface area contributed by atoms with Crippen LogP contribution in [0.2, 0.25) is 0 Å². The van der Waals surface area contributed by atoms with Crippen molar-refractivity contribution in [2.24, 2.45) is 0 Å². The average Bonchev–Trinajstić information content (AvgIpc) is 2.59. The molecule has 0 saturated heterocycles. The van der Waals surface area contributed by atoms with Crippen molar-refractivity contribution < 1.29 is 0 Å². The first kappa shape index (κ1) is 19.8. The summed E-state index contributed by atoms with van der Waals surface area (Å²) in [5.41, 5.74) is 4.64. The fourth-order valence-corrected chi connectivity index (χ4v) is 2.87. The molecule has 0 spiro atoms. The molecule has 0 aromatic heterocycles. The van der Waals surface area contributed by atoms with E-state index in [4.69, 9.17) is 0 Å². The van der Waals surface area contributed by atoms with E-state index in [0.717, 1.165) is 45.8 Å². The third-order valence-corrected chi connectivity index (χ3v) is 5.66. The third-order valence-electron chi connectivity index (χ3n) is 3.88. The molecule has 0 aliphatic rings. The van der Waals surface area contributed by atoms with E-state index < -0.39 is 0 Å². The van der Waals surface area contributed by atoms with Crippen LogP contribution in [0, 0.1) is 37.5 Å². The molecule has 0 aliphatic heterocycles. The average molecular weight is 458 g/mol. The van der Waals surface area contributed by atoms with Crippen molar-refractivity contribution in [3.05, 3.63) is 67.6 Å². The summed E-state index contributed by atoms with van der Waals surface area (Å²) in [5, 5.41) is 0. The van der Waals surface area contributed by atoms with Gasteiger partial charge in [-0.25, -0.2) is 0 Å². The molecule has 0 radical (unpaired) electrons. The molecule has 0 heterocycles. The monoisotopic (exact) mass is 456 g/mol. The highest BCUT2D eigenvalue weighted by Gasteiger charge is 1.95. The Morgan fingerprint density at radius 1 is 0.680 bits per heavy atom. The SMILES string of the molecule is Cc1cc(C#CCCCCCC#Cc2ccc(Br)c(C)c2)ccc1Br. The fraction of sp³-hybridized carbons (Fsp3) is 0.304. The van der Waals surface area contributed by atoms with Crippen molar-refractivity contribution in [1.29, 1.82) is 0 Å². The Labute approximate surface area is 168 Å². The lowest BCUT2D eigenvalue weighted by atomic mass is 10.1. The van der Waals surface area contributed by atoms with Crippen LogP contribution in [0.3, 0.4) is 0 Å². The maximum atomic E-state index is 3.51. The highest BCUT2D eigenvalue weighted by molar-refractivity contribution is 9.10. The Morgan fingerprint density at radius 3 is 1.52 bits per heavy atom. The smallest absolute Gasteiger partial charge is 0.0248 e. The van der Waals surface area contributed by atoms with Crippen molar-refractivity contribution in [3.63, 3.8) is 0 Å². The summed E-state index contributed by atoms with van der Waals surface area (Å²) < 4.78 is 2.27. The van der Waals surface area contributed by atoms with E-state index in [1.165, 1.54) is 17.5 Å². The molecule has 0 saturated carbocycles. The molecule has 0 aliphatic carbocycles. The molecule has 0 fully saturated rings. The molecule has 0 unspecified atom stereocenters. The highest BCUT2D eigenvalue weighted by atomic mass is 79.9. The molecular weight excluding hydrogens is 436 g/mol. The number of benzene rings is 2. The number of aryl methyl sites for hydroxylation is 2. The van der Waals surface area contributed by atoms with Crippen LogP contribution in [0.25, 0.3) is 0 Å². The van der Waals surface area contributed by atoms with Gasteiger partial charge in [-0.1, -0.05) is 62.0 Å². The molecule has 0 atom stereocenters. The van der Waals surface area contributed by atoms with Gasteiger partial charge in [-0.2, -0.15) is 0 Å². The van der Waals surface area contributed by atoms with Gasteiger partial charge in [-0.05, 0) is 74.2 Å². The second-order valence-corrected chi connectivity index (χ2v) is 7.80. The molecular formula is C23H22Br2. The zero-order valence-corrected chi connectivity index (χ0v) is 17.9. The summed E-state index contributed by atoms with van der Waals surface area (Å²) in [6, 6.07) is 12.5. The normalized spacial score (nSPS) is 9.76. The highest BCUT2D eigenvalue weighted by Crippen LogP contribution is 2.17. The Morgan fingerprint density at radius 2 is 1.12 bits per heavy atom. The fourth-order valence-electron chi connectivity index (χ4n) is 2.38. The second-order valence-electron chi connectivity index (χ2n) is 6.09. The van der Waals surface area contributed by atoms with Crippen LogP contribution in [0.5, 0.6) is 0 Å². The predicted molar refractivity (Wildman–Crippen MR) is 115 cm³/mol. The van der Waals surface area contributed by atoms with Crippen LogP contribution in [-0.2, 0) is 0 Å². The quantitative estimate of drug-likeness (QED) is 0.336. The summed E-state index contributed by atoms with van der Waals surface area (Å²) in [4.78, 5) is 0. The zero-order chi connectivity index (χ0) is 18.1. The van der Waals surface area contributed by atoms with E-state index in [0.29, 0.717) is 0 Å². The summed E-state index contributed by atoms with van der Waals surface area (Å²) in [7, 11) is 0. The van der Waals surface area contributed by atoms with E-state index in [9.17, 15) is 0 Å². The topological polar surface area (TPSA) is 0 Å². The van der Waals surface area contributed by atoms with E-state index in [1.54, 1.807) is 0 Å². The van der Waals surface area contributed by atoms with Gasteiger partial charge in [0.25, 0.3) is 0 Å². The van der Waals surface area contributed by atoms with Gasteiger partial charge < -0.3 is 0 Å². The maximum Gasteiger partial charge on any atom is 0.0248 e. The molecule has 0 amide bonds. The largest absolute Gasteiger partial charge is 0.0979 e. The minimum atomic E-state index is 0.953. The van der Waals surface area contributed by atoms with Gasteiger partial charge in [0.2, 0.25) is 0 Å². The summed E-state index contributed by atoms with van der Waals surface area (Å²) in [6.07, 6.45) is 5.37. The van der Waals surface area contributed by atoms with E-state index in [-0.39, 0.29) is 0 Å². The Hall–Kier alpha value is -1.48. The first-order valence-electron chi connectivity index (χ1n) is 8.56. The summed E-state index contributed by atoms with van der Waals surface area (Å²) in [5.74, 6) is 13.0. The lowest BCUT2D eigenvalue weighted by Gasteiger charge is -1.98. The third kappa shape index (κ3) is 7.11. The molecule has 0 nitrogen and oxygen atoms in total. The number of unbranched alkanes of at least 4 members (excludes halogenated alkanes) is 4. The van der Waals surface area contributed by atoms with Gasteiger partial charge in [0, 0.05) is 32.9 Å². The van der Waals surface area contributed by atoms with Crippen molar-refractivity contribution >= 4 is 31.9 Å². The first-order valence-corrected chi connectivity index (χ1v) is 10.1. The summed E-state index contributed by atoms with van der Waals surface area (Å²) >= 11 is 7.02. The van der Waals surface area contributed by atoms with Gasteiger partial charge in [-0.15, -0.1) is 0 Å². The van der Waals surface area contributed by atoms with Crippen molar-refractivity contribution in [2.75, 3.05) is 0 Å². The van der Waals surface area contributed by atoms with Crippen molar-refractivity contribution in [1.82, 2.24) is 0 Å². The number of hydrogen-bond donors (Lipinski definition) is 0. The molecule has 128 valence electrons. The Bertz CT molecular complexity index is 770. The maximum absolute atomic E-state index is 3.51. The van der Waals surface area contributed by atoms with Crippen LogP contribution in [0.15, 0.2) is 45.3 Å². The zero-order valence-electron chi connectivity index (χ0n) is 14.8. The Balaban J connectivity index is 1.66. The molecule has 25 heavy (non-hydrogen) atoms. The van der Waals surface area contributed by atoms with Gasteiger partial charge >= 0.3 is 0 Å². The van der Waals surface area contributed by atoms with Crippen LogP contribution >= 0.6 is 31.9 Å². The molecule has 2 rings (SSSR count). The minimum Gasteiger partial charge on any atom is -0.0979 e.